The van der Waals surface area contributed by atoms with Crippen LogP contribution in [0.2, 0.25) is 0 Å². The number of benzene rings is 3. The van der Waals surface area contributed by atoms with Crippen LogP contribution in [-0.4, -0.2) is 6.61 Å². The summed E-state index contributed by atoms with van der Waals surface area (Å²) >= 11 is 0. The molecule has 0 aliphatic carbocycles. The number of rotatable bonds is 7. The first kappa shape index (κ1) is 22.5. The smallest absolute Gasteiger partial charge is 0.169 e. The lowest BCUT2D eigenvalue weighted by atomic mass is 9.99. The molecular formula is C25H21F5O. The molecule has 0 unspecified atom stereocenters. The van der Waals surface area contributed by atoms with Gasteiger partial charge in [0.05, 0.1) is 5.39 Å². The van der Waals surface area contributed by atoms with Crippen LogP contribution in [0.5, 0.6) is 5.75 Å². The first-order valence-corrected chi connectivity index (χ1v) is 9.88. The minimum atomic E-state index is -1.50. The number of allylic oxidation sites excluding steroid dienone is 1. The lowest BCUT2D eigenvalue weighted by Crippen LogP contribution is -2.00. The average molecular weight is 432 g/mol. The molecule has 0 heterocycles. The molecule has 3 aromatic rings. The topological polar surface area (TPSA) is 9.23 Å². The molecule has 0 fully saturated rings. The normalized spacial score (nSPS) is 12.5. The standard InChI is InChI=1S/C25H21F5O/c1-3-5-13-31-18-10-7-15(8-11-18)21(26)24(29)19-12-9-16-14-17(6-4-2)22(27)25(30)20(16)23(19)28/h3,5,7-12,14H,4,6,13H2,1-2H3. The third-order valence-electron chi connectivity index (χ3n) is 4.84. The van der Waals surface area contributed by atoms with Crippen molar-refractivity contribution >= 4 is 22.4 Å². The Kier molecular flexibility index (Phi) is 7.10. The van der Waals surface area contributed by atoms with E-state index >= 15 is 0 Å². The van der Waals surface area contributed by atoms with Gasteiger partial charge in [-0.1, -0.05) is 31.6 Å². The van der Waals surface area contributed by atoms with Gasteiger partial charge in [0, 0.05) is 11.1 Å². The van der Waals surface area contributed by atoms with Crippen molar-refractivity contribution < 1.29 is 26.7 Å². The molecule has 0 bridgehead atoms. The zero-order chi connectivity index (χ0) is 22.5. The highest BCUT2D eigenvalue weighted by Crippen LogP contribution is 2.35. The molecule has 0 amide bonds. The number of ether oxygens (including phenoxy) is 1. The zero-order valence-electron chi connectivity index (χ0n) is 17.1. The summed E-state index contributed by atoms with van der Waals surface area (Å²) in [7, 11) is 0. The molecule has 0 saturated heterocycles. The monoisotopic (exact) mass is 432 g/mol. The summed E-state index contributed by atoms with van der Waals surface area (Å²) in [5.41, 5.74) is -0.807. The molecule has 1 nitrogen and oxygen atoms in total. The molecule has 3 rings (SSSR count). The highest BCUT2D eigenvalue weighted by molar-refractivity contribution is 5.91. The Morgan fingerprint density at radius 2 is 1.61 bits per heavy atom. The predicted molar refractivity (Wildman–Crippen MR) is 114 cm³/mol. The molecule has 162 valence electrons. The van der Waals surface area contributed by atoms with Crippen molar-refractivity contribution in [2.45, 2.75) is 26.7 Å². The molecule has 0 N–H and O–H groups in total. The van der Waals surface area contributed by atoms with Crippen molar-refractivity contribution in [3.63, 3.8) is 0 Å². The first-order valence-electron chi connectivity index (χ1n) is 9.88. The van der Waals surface area contributed by atoms with Crippen LogP contribution in [0.3, 0.4) is 0 Å². The van der Waals surface area contributed by atoms with E-state index in [1.165, 1.54) is 36.4 Å². The van der Waals surface area contributed by atoms with Crippen LogP contribution >= 0.6 is 0 Å². The largest absolute Gasteiger partial charge is 0.490 e. The van der Waals surface area contributed by atoms with E-state index in [9.17, 15) is 22.0 Å². The van der Waals surface area contributed by atoms with Gasteiger partial charge in [-0.3, -0.25) is 0 Å². The van der Waals surface area contributed by atoms with Crippen LogP contribution in [0, 0.1) is 17.5 Å². The molecule has 0 aliphatic heterocycles. The van der Waals surface area contributed by atoms with Gasteiger partial charge in [-0.25, -0.2) is 22.0 Å². The Morgan fingerprint density at radius 3 is 2.26 bits per heavy atom. The third kappa shape index (κ3) is 4.63. The van der Waals surface area contributed by atoms with E-state index in [1.807, 2.05) is 13.0 Å². The van der Waals surface area contributed by atoms with E-state index in [1.54, 1.807) is 13.0 Å². The van der Waals surface area contributed by atoms with Crippen molar-refractivity contribution in [1.29, 1.82) is 0 Å². The molecule has 31 heavy (non-hydrogen) atoms. The van der Waals surface area contributed by atoms with Crippen molar-refractivity contribution in [3.05, 3.63) is 88.8 Å². The molecule has 0 aromatic heterocycles. The van der Waals surface area contributed by atoms with E-state index in [0.717, 1.165) is 6.07 Å². The molecular weight excluding hydrogens is 411 g/mol. The number of aryl methyl sites for hydroxylation is 1. The molecule has 3 aromatic carbocycles. The molecule has 6 heteroatoms. The SMILES string of the molecule is CC=CCOc1ccc(C(F)=C(F)c2ccc3cc(CCC)c(F)c(F)c3c2F)cc1. The van der Waals surface area contributed by atoms with E-state index in [2.05, 4.69) is 0 Å². The first-order chi connectivity index (χ1) is 14.9. The van der Waals surface area contributed by atoms with Gasteiger partial charge in [0.1, 0.15) is 18.2 Å². The van der Waals surface area contributed by atoms with Gasteiger partial charge in [0.25, 0.3) is 0 Å². The predicted octanol–water partition coefficient (Wildman–Crippen LogP) is 7.93. The Labute approximate surface area is 177 Å². The van der Waals surface area contributed by atoms with Crippen LogP contribution in [-0.2, 0) is 6.42 Å². The maximum absolute atomic E-state index is 14.9. The van der Waals surface area contributed by atoms with Gasteiger partial charge in [-0.2, -0.15) is 0 Å². The fourth-order valence-corrected chi connectivity index (χ4v) is 3.24. The highest BCUT2D eigenvalue weighted by atomic mass is 19.2. The summed E-state index contributed by atoms with van der Waals surface area (Å²) in [6.07, 6.45) is 4.44. The summed E-state index contributed by atoms with van der Waals surface area (Å²) in [5, 5.41) is -0.620. The van der Waals surface area contributed by atoms with Crippen molar-refractivity contribution in [2.75, 3.05) is 6.61 Å². The quantitative estimate of drug-likeness (QED) is 0.209. The van der Waals surface area contributed by atoms with Crippen LogP contribution in [0.4, 0.5) is 22.0 Å². The van der Waals surface area contributed by atoms with Gasteiger partial charge >= 0.3 is 0 Å². The van der Waals surface area contributed by atoms with Gasteiger partial charge in [0.15, 0.2) is 23.3 Å². The maximum Gasteiger partial charge on any atom is 0.169 e. The van der Waals surface area contributed by atoms with Gasteiger partial charge in [-0.05, 0) is 60.7 Å². The molecule has 0 aliphatic rings. The summed E-state index contributed by atoms with van der Waals surface area (Å²) in [5.74, 6) is -6.30. The molecule has 0 radical (unpaired) electrons. The summed E-state index contributed by atoms with van der Waals surface area (Å²) in [6, 6.07) is 9.08. The molecule has 0 spiro atoms. The number of halogens is 5. The Hall–Kier alpha value is -3.15. The van der Waals surface area contributed by atoms with E-state index in [4.69, 9.17) is 4.74 Å². The van der Waals surface area contributed by atoms with E-state index < -0.39 is 40.1 Å². The van der Waals surface area contributed by atoms with Crippen molar-refractivity contribution in [2.24, 2.45) is 0 Å². The minimum Gasteiger partial charge on any atom is -0.490 e. The van der Waals surface area contributed by atoms with Crippen molar-refractivity contribution in [3.8, 4) is 5.75 Å². The minimum absolute atomic E-state index is 0.0828. The second-order valence-electron chi connectivity index (χ2n) is 6.97. The second kappa shape index (κ2) is 9.77. The van der Waals surface area contributed by atoms with Crippen LogP contribution in [0.25, 0.3) is 22.4 Å². The summed E-state index contributed by atoms with van der Waals surface area (Å²) < 4.78 is 78.6. The number of hydrogen-bond acceptors (Lipinski definition) is 1. The number of fused-ring (bicyclic) bond motifs is 1. The fraction of sp³-hybridized carbons (Fsp3) is 0.200. The number of hydrogen-bond donors (Lipinski definition) is 0. The zero-order valence-corrected chi connectivity index (χ0v) is 17.1. The average Bonchev–Trinajstić information content (AvgIpc) is 2.77. The fourth-order valence-electron chi connectivity index (χ4n) is 3.24. The van der Waals surface area contributed by atoms with Crippen LogP contribution in [0.15, 0.2) is 54.6 Å². The van der Waals surface area contributed by atoms with Crippen LogP contribution < -0.4 is 4.74 Å². The van der Waals surface area contributed by atoms with Crippen molar-refractivity contribution in [1.82, 2.24) is 0 Å². The Bertz CT molecular complexity index is 1150. The lowest BCUT2D eigenvalue weighted by Gasteiger charge is -2.11. The lowest BCUT2D eigenvalue weighted by molar-refractivity contribution is 0.362. The Morgan fingerprint density at radius 1 is 0.903 bits per heavy atom. The van der Waals surface area contributed by atoms with E-state index in [-0.39, 0.29) is 22.9 Å². The summed E-state index contributed by atoms with van der Waals surface area (Å²) in [4.78, 5) is 0. The van der Waals surface area contributed by atoms with Gasteiger partial charge in [0.2, 0.25) is 0 Å². The molecule has 0 atom stereocenters. The second-order valence-corrected chi connectivity index (χ2v) is 6.97. The van der Waals surface area contributed by atoms with E-state index in [0.29, 0.717) is 18.8 Å². The Balaban J connectivity index is 2.01. The maximum atomic E-state index is 14.9. The van der Waals surface area contributed by atoms with Crippen LogP contribution in [0.1, 0.15) is 37.0 Å². The van der Waals surface area contributed by atoms with Gasteiger partial charge in [-0.15, -0.1) is 0 Å². The van der Waals surface area contributed by atoms with Gasteiger partial charge < -0.3 is 4.74 Å². The highest BCUT2D eigenvalue weighted by Gasteiger charge is 2.22. The third-order valence-corrected chi connectivity index (χ3v) is 4.84. The summed E-state index contributed by atoms with van der Waals surface area (Å²) in [6.45, 7) is 3.97. The molecule has 0 saturated carbocycles.